The second kappa shape index (κ2) is 10.9. The zero-order valence-corrected chi connectivity index (χ0v) is 23.5. The lowest BCUT2D eigenvalue weighted by atomic mass is 9.99. The number of aromatic hydroxyl groups is 1. The number of nitrogens with one attached hydrogen (secondary N) is 1. The summed E-state index contributed by atoms with van der Waals surface area (Å²) in [4.78, 5) is 31.6. The molecular formula is C30H29Cl2N3O4. The van der Waals surface area contributed by atoms with Crippen LogP contribution in [0, 0.1) is 13.8 Å². The van der Waals surface area contributed by atoms with Gasteiger partial charge in [0, 0.05) is 24.2 Å². The van der Waals surface area contributed by atoms with Crippen LogP contribution in [0.15, 0.2) is 45.6 Å². The van der Waals surface area contributed by atoms with Crippen molar-refractivity contribution in [2.24, 2.45) is 0 Å². The van der Waals surface area contributed by atoms with Crippen LogP contribution in [-0.4, -0.2) is 29.5 Å². The van der Waals surface area contributed by atoms with Crippen LogP contribution in [0.25, 0.3) is 22.2 Å². The van der Waals surface area contributed by atoms with Crippen LogP contribution in [0.5, 0.6) is 5.75 Å². The average molecular weight is 566 g/mol. The van der Waals surface area contributed by atoms with Gasteiger partial charge in [-0.15, -0.1) is 0 Å². The highest BCUT2D eigenvalue weighted by Crippen LogP contribution is 2.38. The molecule has 9 heteroatoms. The van der Waals surface area contributed by atoms with E-state index in [2.05, 4.69) is 15.2 Å². The zero-order valence-electron chi connectivity index (χ0n) is 22.0. The van der Waals surface area contributed by atoms with Gasteiger partial charge in [-0.1, -0.05) is 29.3 Å². The van der Waals surface area contributed by atoms with Crippen molar-refractivity contribution in [3.05, 3.63) is 79.1 Å². The van der Waals surface area contributed by atoms with Gasteiger partial charge in [-0.3, -0.25) is 9.59 Å². The lowest BCUT2D eigenvalue weighted by Crippen LogP contribution is -2.31. The number of rotatable bonds is 6. The number of anilines is 2. The number of carbonyl (C=O) groups is 1. The first-order chi connectivity index (χ1) is 18.7. The first-order valence-corrected chi connectivity index (χ1v) is 13.7. The number of fused-ring (bicyclic) bond motifs is 1. The van der Waals surface area contributed by atoms with Gasteiger partial charge >= 0.3 is 0 Å². The van der Waals surface area contributed by atoms with Crippen LogP contribution < -0.4 is 15.6 Å². The highest BCUT2D eigenvalue weighted by atomic mass is 35.5. The van der Waals surface area contributed by atoms with Gasteiger partial charge in [-0.2, -0.15) is 0 Å². The smallest absolute Gasteiger partial charge is 0.202 e. The molecule has 39 heavy (non-hydrogen) atoms. The number of carbonyl (C=O) groups excluding carboxylic acids is 1. The molecule has 7 nitrogen and oxygen atoms in total. The number of nitrogens with zero attached hydrogens (tertiary/aromatic N) is 2. The van der Waals surface area contributed by atoms with Gasteiger partial charge in [-0.25, -0.2) is 4.98 Å². The summed E-state index contributed by atoms with van der Waals surface area (Å²) in [5, 5.41) is 14.4. The van der Waals surface area contributed by atoms with Gasteiger partial charge < -0.3 is 19.7 Å². The van der Waals surface area contributed by atoms with Crippen LogP contribution in [-0.2, 0) is 0 Å². The van der Waals surface area contributed by atoms with Crippen LogP contribution in [0.1, 0.15) is 59.3 Å². The van der Waals surface area contributed by atoms with Gasteiger partial charge in [0.25, 0.3) is 0 Å². The number of aldehydes is 1. The van der Waals surface area contributed by atoms with E-state index in [1.165, 1.54) is 18.6 Å². The third kappa shape index (κ3) is 5.21. The normalized spacial score (nSPS) is 14.4. The molecule has 1 aliphatic heterocycles. The standard InChI is InChI=1S/C30H29Cl2N3O4/c1-16-11-21(29-22(12-16)27(37)17(2)30(39-29)35-9-5-4-6-10-35)18(3)33-24-7-8-25(32)34-26(24)19-13-20(15-36)28(38)23(31)14-19/h7-8,11-15,18,33,38H,4-6,9-10H2,1-3H3. The molecule has 5 rings (SSSR count). The second-order valence-corrected chi connectivity index (χ2v) is 10.8. The van der Waals surface area contributed by atoms with E-state index in [0.717, 1.165) is 37.1 Å². The number of hydrogen-bond acceptors (Lipinski definition) is 7. The fraction of sp³-hybridized carbons (Fsp3) is 0.300. The maximum absolute atomic E-state index is 13.5. The quantitative estimate of drug-likeness (QED) is 0.185. The van der Waals surface area contributed by atoms with E-state index in [4.69, 9.17) is 27.6 Å². The molecule has 0 amide bonds. The Bertz CT molecular complexity index is 1640. The first kappa shape index (κ1) is 27.0. The number of piperidine rings is 1. The third-order valence-electron chi connectivity index (χ3n) is 7.20. The minimum atomic E-state index is -0.299. The lowest BCUT2D eigenvalue weighted by Gasteiger charge is -2.29. The molecular weight excluding hydrogens is 537 g/mol. The number of halogens is 2. The minimum Gasteiger partial charge on any atom is -0.506 e. The average Bonchev–Trinajstić information content (AvgIpc) is 2.93. The molecule has 1 aliphatic rings. The number of pyridine rings is 1. The Morgan fingerprint density at radius 3 is 2.56 bits per heavy atom. The first-order valence-electron chi connectivity index (χ1n) is 12.9. The fourth-order valence-electron chi connectivity index (χ4n) is 5.21. The monoisotopic (exact) mass is 565 g/mol. The second-order valence-electron chi connectivity index (χ2n) is 10.0. The largest absolute Gasteiger partial charge is 0.506 e. The molecule has 0 aliphatic carbocycles. The summed E-state index contributed by atoms with van der Waals surface area (Å²) in [5.74, 6) is 0.347. The molecule has 3 heterocycles. The molecule has 1 atom stereocenters. The Kier molecular flexibility index (Phi) is 7.56. The van der Waals surface area contributed by atoms with Crippen molar-refractivity contribution in [2.45, 2.75) is 46.1 Å². The summed E-state index contributed by atoms with van der Waals surface area (Å²) in [6.45, 7) is 7.50. The van der Waals surface area contributed by atoms with E-state index >= 15 is 0 Å². The Morgan fingerprint density at radius 2 is 1.85 bits per heavy atom. The van der Waals surface area contributed by atoms with E-state index in [-0.39, 0.29) is 33.0 Å². The van der Waals surface area contributed by atoms with Gasteiger partial charge in [0.1, 0.15) is 16.5 Å². The Morgan fingerprint density at radius 1 is 1.10 bits per heavy atom. The van der Waals surface area contributed by atoms with E-state index in [0.29, 0.717) is 45.6 Å². The molecule has 1 fully saturated rings. The molecule has 2 aromatic carbocycles. The molecule has 0 bridgehead atoms. The van der Waals surface area contributed by atoms with Crippen molar-refractivity contribution in [1.82, 2.24) is 4.98 Å². The van der Waals surface area contributed by atoms with Crippen LogP contribution in [0.4, 0.5) is 11.6 Å². The van der Waals surface area contributed by atoms with Crippen molar-refractivity contribution < 1.29 is 14.3 Å². The maximum atomic E-state index is 13.5. The number of aromatic nitrogens is 1. The van der Waals surface area contributed by atoms with Crippen molar-refractivity contribution >= 4 is 52.0 Å². The molecule has 0 spiro atoms. The maximum Gasteiger partial charge on any atom is 0.202 e. The molecule has 1 saturated heterocycles. The summed E-state index contributed by atoms with van der Waals surface area (Å²) in [6.07, 6.45) is 3.85. The summed E-state index contributed by atoms with van der Waals surface area (Å²) in [6, 6.07) is 10.1. The van der Waals surface area contributed by atoms with Crippen molar-refractivity contribution in [2.75, 3.05) is 23.3 Å². The molecule has 1 unspecified atom stereocenters. The van der Waals surface area contributed by atoms with E-state index in [9.17, 15) is 14.7 Å². The fourth-order valence-corrected chi connectivity index (χ4v) is 5.58. The topological polar surface area (TPSA) is 95.7 Å². The van der Waals surface area contributed by atoms with Crippen molar-refractivity contribution in [3.8, 4) is 17.0 Å². The van der Waals surface area contributed by atoms with Crippen LogP contribution >= 0.6 is 23.2 Å². The van der Waals surface area contributed by atoms with Gasteiger partial charge in [0.2, 0.25) is 5.88 Å². The number of phenolic OH excluding ortho intramolecular Hbond substituents is 1. The number of aryl methyl sites for hydroxylation is 1. The predicted octanol–water partition coefficient (Wildman–Crippen LogP) is 7.46. The Labute approximate surface area is 236 Å². The zero-order chi connectivity index (χ0) is 27.8. The third-order valence-corrected chi connectivity index (χ3v) is 7.70. The summed E-state index contributed by atoms with van der Waals surface area (Å²) in [7, 11) is 0. The summed E-state index contributed by atoms with van der Waals surface area (Å²) >= 11 is 12.4. The highest BCUT2D eigenvalue weighted by molar-refractivity contribution is 6.33. The van der Waals surface area contributed by atoms with E-state index in [1.807, 2.05) is 32.9 Å². The predicted molar refractivity (Wildman–Crippen MR) is 157 cm³/mol. The minimum absolute atomic E-state index is 0.0250. The number of hydrogen-bond donors (Lipinski definition) is 2. The van der Waals surface area contributed by atoms with Crippen LogP contribution in [0.3, 0.4) is 0 Å². The van der Waals surface area contributed by atoms with Crippen molar-refractivity contribution in [1.29, 1.82) is 0 Å². The van der Waals surface area contributed by atoms with Gasteiger partial charge in [-0.05, 0) is 75.9 Å². The molecule has 2 aromatic heterocycles. The lowest BCUT2D eigenvalue weighted by molar-refractivity contribution is 0.112. The molecule has 0 saturated carbocycles. The summed E-state index contributed by atoms with van der Waals surface area (Å²) < 4.78 is 6.52. The van der Waals surface area contributed by atoms with Gasteiger partial charge in [0.15, 0.2) is 11.7 Å². The van der Waals surface area contributed by atoms with E-state index in [1.54, 1.807) is 12.1 Å². The number of phenols is 1. The molecule has 2 N–H and O–H groups in total. The van der Waals surface area contributed by atoms with Gasteiger partial charge in [0.05, 0.1) is 39.0 Å². The number of benzene rings is 2. The molecule has 0 radical (unpaired) electrons. The molecule has 4 aromatic rings. The van der Waals surface area contributed by atoms with Crippen molar-refractivity contribution in [3.63, 3.8) is 0 Å². The van der Waals surface area contributed by atoms with Crippen LogP contribution in [0.2, 0.25) is 10.2 Å². The molecule has 202 valence electrons. The summed E-state index contributed by atoms with van der Waals surface area (Å²) in [5.41, 5.74) is 4.58. The Hall–Kier alpha value is -3.55. The SMILES string of the molecule is Cc1cc(C(C)Nc2ccc(Cl)nc2-c2cc(Cl)c(O)c(C=O)c2)c2oc(N3CCCCC3)c(C)c(=O)c2c1. The van der Waals surface area contributed by atoms with E-state index < -0.39 is 0 Å². The Balaban J connectivity index is 1.61. The highest BCUT2D eigenvalue weighted by Gasteiger charge is 2.23.